The molecule has 4 amide bonds. The van der Waals surface area contributed by atoms with Crippen LogP contribution in [0.3, 0.4) is 0 Å². The number of anilines is 1. The second-order valence-electron chi connectivity index (χ2n) is 7.04. The summed E-state index contributed by atoms with van der Waals surface area (Å²) in [6, 6.07) is 12.6. The number of imide groups is 1. The lowest BCUT2D eigenvalue weighted by atomic mass is 9.91. The zero-order valence-corrected chi connectivity index (χ0v) is 16.1. The first-order valence-corrected chi connectivity index (χ1v) is 9.25. The monoisotopic (exact) mass is 406 g/mol. The number of nitrogens with one attached hydrogen (secondary N) is 2. The molecule has 0 aliphatic carbocycles. The van der Waals surface area contributed by atoms with Crippen LogP contribution < -0.4 is 20.1 Å². The lowest BCUT2D eigenvalue weighted by Crippen LogP contribution is -2.42. The predicted octanol–water partition coefficient (Wildman–Crippen LogP) is 1.74. The molecule has 2 aromatic carbocycles. The molecule has 30 heavy (non-hydrogen) atoms. The zero-order chi connectivity index (χ0) is 21.3. The summed E-state index contributed by atoms with van der Waals surface area (Å²) < 4.78 is 11.0. The molecule has 1 fully saturated rings. The van der Waals surface area contributed by atoms with Gasteiger partial charge in [-0.3, -0.25) is 14.5 Å². The van der Waals surface area contributed by atoms with Crippen molar-refractivity contribution in [2.45, 2.75) is 12.5 Å². The van der Waals surface area contributed by atoms with Gasteiger partial charge in [0.1, 0.15) is 25.3 Å². The summed E-state index contributed by atoms with van der Waals surface area (Å²) >= 11 is 0. The van der Waals surface area contributed by atoms with Crippen molar-refractivity contribution in [3.8, 4) is 17.6 Å². The topological polar surface area (TPSA) is 121 Å². The molecule has 9 nitrogen and oxygen atoms in total. The summed E-state index contributed by atoms with van der Waals surface area (Å²) in [5.74, 6) is -0.00292. The molecule has 0 bridgehead atoms. The highest BCUT2D eigenvalue weighted by Crippen LogP contribution is 2.36. The Kier molecular flexibility index (Phi) is 4.75. The lowest BCUT2D eigenvalue weighted by Gasteiger charge is -2.25. The number of urea groups is 1. The molecule has 2 aliphatic heterocycles. The first kappa shape index (κ1) is 19.3. The lowest BCUT2D eigenvalue weighted by molar-refractivity contribution is -0.133. The van der Waals surface area contributed by atoms with E-state index < -0.39 is 29.9 Å². The summed E-state index contributed by atoms with van der Waals surface area (Å²) in [7, 11) is 0. The fraction of sp³-hybridized carbons (Fsp3) is 0.238. The fourth-order valence-corrected chi connectivity index (χ4v) is 3.36. The van der Waals surface area contributed by atoms with Crippen molar-refractivity contribution in [2.75, 3.05) is 25.1 Å². The summed E-state index contributed by atoms with van der Waals surface area (Å²) in [4.78, 5) is 38.7. The van der Waals surface area contributed by atoms with Gasteiger partial charge >= 0.3 is 6.03 Å². The number of amides is 4. The van der Waals surface area contributed by atoms with E-state index in [0.29, 0.717) is 41.5 Å². The van der Waals surface area contributed by atoms with Crippen molar-refractivity contribution < 1.29 is 23.9 Å². The van der Waals surface area contributed by atoms with Gasteiger partial charge in [0.15, 0.2) is 11.5 Å². The van der Waals surface area contributed by atoms with Crippen molar-refractivity contribution in [2.24, 2.45) is 0 Å². The highest BCUT2D eigenvalue weighted by atomic mass is 16.6. The second kappa shape index (κ2) is 7.40. The molecule has 0 aromatic heterocycles. The van der Waals surface area contributed by atoms with Gasteiger partial charge in [-0.25, -0.2) is 4.79 Å². The maximum absolute atomic E-state index is 13.0. The minimum absolute atomic E-state index is 0.398. The Bertz CT molecular complexity index is 1080. The van der Waals surface area contributed by atoms with Crippen molar-refractivity contribution in [1.29, 1.82) is 5.26 Å². The van der Waals surface area contributed by atoms with E-state index in [1.807, 2.05) is 6.07 Å². The molecule has 1 saturated heterocycles. The van der Waals surface area contributed by atoms with Gasteiger partial charge in [0.2, 0.25) is 5.91 Å². The van der Waals surface area contributed by atoms with Gasteiger partial charge in [-0.05, 0) is 48.9 Å². The van der Waals surface area contributed by atoms with E-state index in [0.717, 1.165) is 4.90 Å². The molecule has 1 unspecified atom stereocenters. The molecular formula is C21H18N4O5. The molecule has 9 heteroatoms. The molecule has 0 radical (unpaired) electrons. The van der Waals surface area contributed by atoms with Gasteiger partial charge in [0, 0.05) is 5.69 Å². The molecule has 1 atom stereocenters. The fourth-order valence-electron chi connectivity index (χ4n) is 3.36. The number of fused-ring (bicyclic) bond motifs is 1. The number of ether oxygens (including phenoxy) is 2. The van der Waals surface area contributed by atoms with E-state index in [-0.39, 0.29) is 0 Å². The summed E-state index contributed by atoms with van der Waals surface area (Å²) in [5.41, 5.74) is 0.111. The Morgan fingerprint density at radius 3 is 2.57 bits per heavy atom. The van der Waals surface area contributed by atoms with Crippen molar-refractivity contribution in [3.63, 3.8) is 0 Å². The number of hydrogen-bond donors (Lipinski definition) is 2. The Labute approximate surface area is 172 Å². The van der Waals surface area contributed by atoms with Gasteiger partial charge in [0.05, 0.1) is 11.6 Å². The van der Waals surface area contributed by atoms with E-state index >= 15 is 0 Å². The van der Waals surface area contributed by atoms with Gasteiger partial charge < -0.3 is 20.1 Å². The number of rotatable bonds is 4. The molecular weight excluding hydrogens is 388 g/mol. The number of nitrogens with zero attached hydrogens (tertiary/aromatic N) is 2. The molecule has 152 valence electrons. The number of carbonyl (C=O) groups excluding carboxylic acids is 3. The molecule has 2 aromatic rings. The third-order valence-electron chi connectivity index (χ3n) is 4.99. The standard InChI is InChI=1S/C21H18N4O5/c1-21(14-4-7-16-17(10-14)30-9-8-29-16)19(27)25(20(28)24-21)12-18(26)23-15-5-2-13(11-22)3-6-15/h2-7,10H,8-9,12H2,1H3,(H,23,26)(H,24,28). The number of hydrogen-bond acceptors (Lipinski definition) is 6. The average molecular weight is 406 g/mol. The predicted molar refractivity (Wildman–Crippen MR) is 105 cm³/mol. The smallest absolute Gasteiger partial charge is 0.325 e. The quantitative estimate of drug-likeness (QED) is 0.746. The first-order chi connectivity index (χ1) is 14.4. The Hall–Kier alpha value is -4.06. The normalized spacial score (nSPS) is 19.8. The van der Waals surface area contributed by atoms with Crippen LogP contribution in [0.25, 0.3) is 0 Å². The third-order valence-corrected chi connectivity index (χ3v) is 4.99. The van der Waals surface area contributed by atoms with Crippen LogP contribution in [0.1, 0.15) is 18.1 Å². The Morgan fingerprint density at radius 2 is 1.87 bits per heavy atom. The minimum Gasteiger partial charge on any atom is -0.486 e. The van der Waals surface area contributed by atoms with E-state index in [2.05, 4.69) is 10.6 Å². The van der Waals surface area contributed by atoms with Crippen LogP contribution in [-0.4, -0.2) is 42.5 Å². The van der Waals surface area contributed by atoms with Crippen LogP contribution in [0.15, 0.2) is 42.5 Å². The van der Waals surface area contributed by atoms with Gasteiger partial charge in [-0.15, -0.1) is 0 Å². The second-order valence-corrected chi connectivity index (χ2v) is 7.04. The highest BCUT2D eigenvalue weighted by Gasteiger charge is 2.49. The largest absolute Gasteiger partial charge is 0.486 e. The Balaban J connectivity index is 1.49. The molecule has 2 N–H and O–H groups in total. The van der Waals surface area contributed by atoms with E-state index in [4.69, 9.17) is 14.7 Å². The summed E-state index contributed by atoms with van der Waals surface area (Å²) in [5, 5.41) is 14.1. The van der Waals surface area contributed by atoms with Gasteiger partial charge in [-0.1, -0.05) is 6.07 Å². The van der Waals surface area contributed by atoms with Gasteiger partial charge in [0.25, 0.3) is 5.91 Å². The van der Waals surface area contributed by atoms with E-state index in [9.17, 15) is 14.4 Å². The van der Waals surface area contributed by atoms with Crippen molar-refractivity contribution in [3.05, 3.63) is 53.6 Å². The number of benzene rings is 2. The van der Waals surface area contributed by atoms with E-state index in [1.165, 1.54) is 0 Å². The minimum atomic E-state index is -1.33. The summed E-state index contributed by atoms with van der Waals surface area (Å²) in [6.45, 7) is 1.98. The van der Waals surface area contributed by atoms with Crippen molar-refractivity contribution in [1.82, 2.24) is 10.2 Å². The summed E-state index contributed by atoms with van der Waals surface area (Å²) in [6.07, 6.45) is 0. The van der Waals surface area contributed by atoms with E-state index in [1.54, 1.807) is 49.4 Å². The van der Waals surface area contributed by atoms with Crippen LogP contribution in [0.5, 0.6) is 11.5 Å². The maximum Gasteiger partial charge on any atom is 0.325 e. The highest BCUT2D eigenvalue weighted by molar-refractivity contribution is 6.10. The average Bonchev–Trinajstić information content (AvgIpc) is 2.98. The van der Waals surface area contributed by atoms with Crippen LogP contribution in [-0.2, 0) is 15.1 Å². The molecule has 0 spiro atoms. The Morgan fingerprint density at radius 1 is 1.17 bits per heavy atom. The molecule has 0 saturated carbocycles. The molecule has 4 rings (SSSR count). The maximum atomic E-state index is 13.0. The van der Waals surface area contributed by atoms with Crippen LogP contribution in [0, 0.1) is 11.3 Å². The van der Waals surface area contributed by atoms with Crippen LogP contribution in [0.2, 0.25) is 0 Å². The van der Waals surface area contributed by atoms with Crippen LogP contribution >= 0.6 is 0 Å². The SMILES string of the molecule is CC1(c2ccc3c(c2)OCCO3)NC(=O)N(CC(=O)Nc2ccc(C#N)cc2)C1=O. The third kappa shape index (κ3) is 3.39. The molecule has 2 aliphatic rings. The van der Waals surface area contributed by atoms with Crippen LogP contribution in [0.4, 0.5) is 10.5 Å². The zero-order valence-electron chi connectivity index (χ0n) is 16.1. The van der Waals surface area contributed by atoms with Gasteiger partial charge in [-0.2, -0.15) is 5.26 Å². The molecule has 2 heterocycles. The van der Waals surface area contributed by atoms with Crippen molar-refractivity contribution >= 4 is 23.5 Å². The first-order valence-electron chi connectivity index (χ1n) is 9.25. The number of nitriles is 1. The number of carbonyl (C=O) groups is 3.